The number of ketones is 1. The smallest absolute Gasteiger partial charge is 0.340 e. The number of esters is 1. The minimum absolute atomic E-state index is 0.0706. The zero-order chi connectivity index (χ0) is 19.9. The molecule has 1 aliphatic heterocycles. The summed E-state index contributed by atoms with van der Waals surface area (Å²) in [5.41, 5.74) is 6.84. The largest absolute Gasteiger partial charge is 0.462 e. The number of rotatable bonds is 3. The van der Waals surface area contributed by atoms with Gasteiger partial charge in [0.25, 0.3) is 0 Å². The van der Waals surface area contributed by atoms with Crippen molar-refractivity contribution in [3.05, 3.63) is 56.6 Å². The highest BCUT2D eigenvalue weighted by Gasteiger charge is 2.45. The lowest BCUT2D eigenvalue weighted by atomic mass is 9.70. The van der Waals surface area contributed by atoms with Crippen molar-refractivity contribution in [2.75, 3.05) is 6.61 Å². The Morgan fingerprint density at radius 3 is 2.70 bits per heavy atom. The van der Waals surface area contributed by atoms with E-state index in [1.54, 1.807) is 25.1 Å². The minimum atomic E-state index is -0.775. The van der Waals surface area contributed by atoms with Crippen molar-refractivity contribution in [2.45, 2.75) is 39.5 Å². The average molecular weight is 410 g/mol. The van der Waals surface area contributed by atoms with Crippen LogP contribution in [0.1, 0.15) is 45.1 Å². The van der Waals surface area contributed by atoms with Crippen molar-refractivity contribution < 1.29 is 19.1 Å². The molecule has 0 aromatic heterocycles. The molecule has 2 aliphatic rings. The summed E-state index contributed by atoms with van der Waals surface area (Å²) in [6.45, 7) is 5.83. The fourth-order valence-corrected chi connectivity index (χ4v) is 4.06. The van der Waals surface area contributed by atoms with Crippen molar-refractivity contribution in [1.29, 1.82) is 0 Å². The number of ether oxygens (including phenoxy) is 2. The highest BCUT2D eigenvalue weighted by atomic mass is 35.5. The van der Waals surface area contributed by atoms with Crippen LogP contribution in [0.25, 0.3) is 0 Å². The maximum Gasteiger partial charge on any atom is 0.340 e. The van der Waals surface area contributed by atoms with Gasteiger partial charge in [-0.15, -0.1) is 0 Å². The molecule has 1 aromatic rings. The Bertz CT molecular complexity index is 886. The van der Waals surface area contributed by atoms with E-state index in [4.69, 9.17) is 38.4 Å². The van der Waals surface area contributed by atoms with Crippen LogP contribution in [0.2, 0.25) is 10.0 Å². The number of carbonyl (C=O) groups excluding carboxylic acids is 2. The maximum absolute atomic E-state index is 13.0. The predicted octanol–water partition coefficient (Wildman–Crippen LogP) is 4.48. The second kappa shape index (κ2) is 7.21. The molecule has 0 radical (unpaired) electrons. The van der Waals surface area contributed by atoms with Crippen LogP contribution in [-0.2, 0) is 19.1 Å². The molecule has 1 aromatic carbocycles. The molecule has 27 heavy (non-hydrogen) atoms. The van der Waals surface area contributed by atoms with Crippen LogP contribution >= 0.6 is 23.2 Å². The fourth-order valence-electron chi connectivity index (χ4n) is 3.65. The van der Waals surface area contributed by atoms with E-state index >= 15 is 0 Å². The second-order valence-electron chi connectivity index (χ2n) is 7.45. The quantitative estimate of drug-likeness (QED) is 0.744. The molecule has 144 valence electrons. The van der Waals surface area contributed by atoms with Crippen LogP contribution in [0.3, 0.4) is 0 Å². The van der Waals surface area contributed by atoms with Gasteiger partial charge < -0.3 is 15.2 Å². The summed E-state index contributed by atoms with van der Waals surface area (Å²) in [5, 5.41) is 0.596. The van der Waals surface area contributed by atoms with Crippen LogP contribution in [0.4, 0.5) is 0 Å². The molecule has 0 fully saturated rings. The molecular formula is C20H21Cl2NO4. The summed E-state index contributed by atoms with van der Waals surface area (Å²) < 4.78 is 10.9. The van der Waals surface area contributed by atoms with Gasteiger partial charge >= 0.3 is 5.97 Å². The van der Waals surface area contributed by atoms with Crippen LogP contribution in [0.15, 0.2) is 41.0 Å². The van der Waals surface area contributed by atoms with Gasteiger partial charge in [-0.25, -0.2) is 4.79 Å². The molecule has 2 N–H and O–H groups in total. The topological polar surface area (TPSA) is 78.6 Å². The van der Waals surface area contributed by atoms with Crippen molar-refractivity contribution in [2.24, 2.45) is 11.1 Å². The number of benzene rings is 1. The molecule has 0 saturated heterocycles. The Morgan fingerprint density at radius 1 is 1.33 bits per heavy atom. The summed E-state index contributed by atoms with van der Waals surface area (Å²) in [6, 6.07) is 5.09. The Morgan fingerprint density at radius 2 is 2.04 bits per heavy atom. The minimum Gasteiger partial charge on any atom is -0.462 e. The number of carbonyl (C=O) groups is 2. The first-order valence-corrected chi connectivity index (χ1v) is 9.46. The van der Waals surface area contributed by atoms with Crippen molar-refractivity contribution >= 4 is 35.0 Å². The summed E-state index contributed by atoms with van der Waals surface area (Å²) in [4.78, 5) is 25.7. The number of halogens is 2. The number of hydrogen-bond donors (Lipinski definition) is 1. The van der Waals surface area contributed by atoms with Crippen molar-refractivity contribution in [3.63, 3.8) is 0 Å². The Balaban J connectivity index is 2.24. The van der Waals surface area contributed by atoms with E-state index in [2.05, 4.69) is 0 Å². The van der Waals surface area contributed by atoms with E-state index in [9.17, 15) is 9.59 Å². The van der Waals surface area contributed by atoms with Crippen molar-refractivity contribution in [1.82, 2.24) is 0 Å². The molecule has 1 heterocycles. The van der Waals surface area contributed by atoms with Gasteiger partial charge in [0.15, 0.2) is 5.78 Å². The Kier molecular flexibility index (Phi) is 5.28. The number of nitrogens with two attached hydrogens (primary N) is 1. The van der Waals surface area contributed by atoms with Crippen molar-refractivity contribution in [3.8, 4) is 0 Å². The van der Waals surface area contributed by atoms with E-state index in [0.29, 0.717) is 34.8 Å². The Hall–Kier alpha value is -1.98. The lowest BCUT2D eigenvalue weighted by Crippen LogP contribution is -2.35. The molecular weight excluding hydrogens is 389 g/mol. The lowest BCUT2D eigenvalue weighted by molar-refractivity contribution is -0.139. The lowest BCUT2D eigenvalue weighted by Gasteiger charge is -2.38. The number of Topliss-reactive ketones (excluding diaryl/α,β-unsaturated/α-hetero) is 1. The summed E-state index contributed by atoms with van der Waals surface area (Å²) >= 11 is 12.6. The highest BCUT2D eigenvalue weighted by molar-refractivity contribution is 6.42. The van der Waals surface area contributed by atoms with Gasteiger partial charge in [-0.3, -0.25) is 4.79 Å². The van der Waals surface area contributed by atoms with Crippen LogP contribution in [-0.4, -0.2) is 18.4 Å². The van der Waals surface area contributed by atoms with Gasteiger partial charge in [0.05, 0.1) is 22.6 Å². The van der Waals surface area contributed by atoms with Crippen LogP contribution in [0.5, 0.6) is 0 Å². The molecule has 7 heteroatoms. The maximum atomic E-state index is 13.0. The van der Waals surface area contributed by atoms with E-state index < -0.39 is 11.9 Å². The molecule has 0 saturated carbocycles. The SMILES string of the molecule is CCOC(=O)C1=C(N)OC2=C(C(=O)CC(C)(C)C2)C1c1cccc(Cl)c1Cl. The van der Waals surface area contributed by atoms with Gasteiger partial charge in [-0.2, -0.15) is 0 Å². The van der Waals surface area contributed by atoms with E-state index in [0.717, 1.165) is 0 Å². The fraction of sp³-hybridized carbons (Fsp3) is 0.400. The van der Waals surface area contributed by atoms with Gasteiger partial charge in [0.1, 0.15) is 11.3 Å². The van der Waals surface area contributed by atoms with Gasteiger partial charge in [-0.1, -0.05) is 49.2 Å². The first kappa shape index (κ1) is 19.8. The van der Waals surface area contributed by atoms with E-state index in [1.807, 2.05) is 13.8 Å². The number of hydrogen-bond acceptors (Lipinski definition) is 5. The number of allylic oxidation sites excluding steroid dienone is 2. The third-order valence-corrected chi connectivity index (χ3v) is 5.58. The molecule has 0 amide bonds. The van der Waals surface area contributed by atoms with Gasteiger partial charge in [0, 0.05) is 18.4 Å². The molecule has 1 unspecified atom stereocenters. The molecule has 0 bridgehead atoms. The third kappa shape index (κ3) is 3.58. The third-order valence-electron chi connectivity index (χ3n) is 4.74. The first-order chi connectivity index (χ1) is 12.7. The second-order valence-corrected chi connectivity index (χ2v) is 8.24. The normalized spacial score (nSPS) is 21.7. The molecule has 1 aliphatic carbocycles. The van der Waals surface area contributed by atoms with Gasteiger partial charge in [-0.05, 0) is 24.0 Å². The zero-order valence-corrected chi connectivity index (χ0v) is 16.9. The van der Waals surface area contributed by atoms with Crippen LogP contribution in [0, 0.1) is 5.41 Å². The highest BCUT2D eigenvalue weighted by Crippen LogP contribution is 2.50. The standard InChI is InChI=1S/C20H21Cl2NO4/c1-4-26-19(25)16-14(10-6-5-7-11(21)17(10)22)15-12(24)8-20(2,3)9-13(15)27-18(16)23/h5-7,14H,4,8-9,23H2,1-3H3. The monoisotopic (exact) mass is 409 g/mol. The zero-order valence-electron chi connectivity index (χ0n) is 15.4. The molecule has 1 atom stereocenters. The van der Waals surface area contributed by atoms with Gasteiger partial charge in [0.2, 0.25) is 5.88 Å². The summed E-state index contributed by atoms with van der Waals surface area (Å²) in [5.74, 6) is -1.11. The summed E-state index contributed by atoms with van der Waals surface area (Å²) in [7, 11) is 0. The molecule has 0 spiro atoms. The molecule has 5 nitrogen and oxygen atoms in total. The predicted molar refractivity (Wildman–Crippen MR) is 103 cm³/mol. The van der Waals surface area contributed by atoms with Crippen LogP contribution < -0.4 is 5.73 Å². The summed E-state index contributed by atoms with van der Waals surface area (Å²) in [6.07, 6.45) is 0.861. The average Bonchev–Trinajstić information content (AvgIpc) is 2.55. The molecule has 3 rings (SSSR count). The van der Waals surface area contributed by atoms with E-state index in [1.165, 1.54) is 0 Å². The first-order valence-electron chi connectivity index (χ1n) is 8.71. The van der Waals surface area contributed by atoms with E-state index in [-0.39, 0.29) is 34.3 Å². The Labute approximate surface area is 168 Å².